The number of nitrogens with one attached hydrogen (secondary N) is 1. The molecule has 1 heterocycles. The van der Waals surface area contributed by atoms with Crippen molar-refractivity contribution in [3.05, 3.63) is 53.9 Å². The summed E-state index contributed by atoms with van der Waals surface area (Å²) in [7, 11) is 0. The molecule has 1 atom stereocenters. The Morgan fingerprint density at radius 2 is 1.93 bits per heavy atom. The molecular formula is C12H13NO. The van der Waals surface area contributed by atoms with Crippen LogP contribution in [0.1, 0.15) is 24.1 Å². The smallest absolute Gasteiger partial charge is 0.119 e. The number of phenols is 1. The van der Waals surface area contributed by atoms with Crippen molar-refractivity contribution in [1.29, 1.82) is 0 Å². The monoisotopic (exact) mass is 187 g/mol. The van der Waals surface area contributed by atoms with E-state index in [-0.39, 0.29) is 5.92 Å². The first-order valence-corrected chi connectivity index (χ1v) is 4.70. The average molecular weight is 187 g/mol. The molecule has 0 bridgehead atoms. The number of para-hydroxylation sites is 1. The van der Waals surface area contributed by atoms with Crippen LogP contribution in [0.5, 0.6) is 5.75 Å². The maximum Gasteiger partial charge on any atom is 0.119 e. The van der Waals surface area contributed by atoms with Gasteiger partial charge in [-0.3, -0.25) is 0 Å². The van der Waals surface area contributed by atoms with Gasteiger partial charge < -0.3 is 10.1 Å². The van der Waals surface area contributed by atoms with Gasteiger partial charge in [0.25, 0.3) is 0 Å². The molecule has 0 saturated heterocycles. The lowest BCUT2D eigenvalue weighted by Crippen LogP contribution is -1.96. The molecule has 0 amide bonds. The summed E-state index contributed by atoms with van der Waals surface area (Å²) in [6, 6.07) is 11.4. The van der Waals surface area contributed by atoms with Crippen molar-refractivity contribution in [2.45, 2.75) is 12.8 Å². The van der Waals surface area contributed by atoms with E-state index in [0.717, 1.165) is 11.3 Å². The number of hydrogen-bond acceptors (Lipinski definition) is 1. The number of aromatic nitrogens is 1. The molecule has 0 fully saturated rings. The standard InChI is InChI=1S/C12H13NO/c1-9(11-6-4-8-13-11)10-5-2-3-7-12(10)14/h2-9,13-14H,1H3. The molecule has 2 rings (SSSR count). The number of H-pyrrole nitrogens is 1. The molecule has 2 heteroatoms. The third-order valence-corrected chi connectivity index (χ3v) is 2.49. The van der Waals surface area contributed by atoms with E-state index in [1.165, 1.54) is 0 Å². The molecular weight excluding hydrogens is 174 g/mol. The number of benzene rings is 1. The van der Waals surface area contributed by atoms with E-state index in [1.54, 1.807) is 6.07 Å². The van der Waals surface area contributed by atoms with Gasteiger partial charge in [-0.1, -0.05) is 25.1 Å². The van der Waals surface area contributed by atoms with Crippen LogP contribution in [0, 0.1) is 0 Å². The van der Waals surface area contributed by atoms with E-state index >= 15 is 0 Å². The summed E-state index contributed by atoms with van der Waals surface area (Å²) in [6.07, 6.45) is 1.89. The normalized spacial score (nSPS) is 12.6. The van der Waals surface area contributed by atoms with Gasteiger partial charge in [0.15, 0.2) is 0 Å². The molecule has 0 saturated carbocycles. The fourth-order valence-electron chi connectivity index (χ4n) is 1.63. The van der Waals surface area contributed by atoms with Crippen molar-refractivity contribution in [3.8, 4) is 5.75 Å². The Morgan fingerprint density at radius 3 is 2.57 bits per heavy atom. The highest BCUT2D eigenvalue weighted by molar-refractivity contribution is 5.38. The van der Waals surface area contributed by atoms with Crippen LogP contribution in [0.3, 0.4) is 0 Å². The summed E-state index contributed by atoms with van der Waals surface area (Å²) in [5.74, 6) is 0.556. The molecule has 1 aromatic heterocycles. The number of hydrogen-bond donors (Lipinski definition) is 2. The Morgan fingerprint density at radius 1 is 1.14 bits per heavy atom. The Kier molecular flexibility index (Phi) is 2.27. The third-order valence-electron chi connectivity index (χ3n) is 2.49. The second-order valence-electron chi connectivity index (χ2n) is 3.41. The Labute approximate surface area is 83.2 Å². The highest BCUT2D eigenvalue weighted by atomic mass is 16.3. The first kappa shape index (κ1) is 8.88. The summed E-state index contributed by atoms with van der Waals surface area (Å²) >= 11 is 0. The van der Waals surface area contributed by atoms with Gasteiger partial charge in [-0.25, -0.2) is 0 Å². The predicted molar refractivity (Wildman–Crippen MR) is 56.4 cm³/mol. The predicted octanol–water partition coefficient (Wildman–Crippen LogP) is 2.87. The zero-order chi connectivity index (χ0) is 9.97. The summed E-state index contributed by atoms with van der Waals surface area (Å²) in [6.45, 7) is 2.07. The zero-order valence-electron chi connectivity index (χ0n) is 8.07. The maximum atomic E-state index is 9.67. The maximum absolute atomic E-state index is 9.67. The largest absolute Gasteiger partial charge is 0.508 e. The van der Waals surface area contributed by atoms with E-state index in [0.29, 0.717) is 5.75 Å². The van der Waals surface area contributed by atoms with E-state index in [9.17, 15) is 5.11 Å². The summed E-state index contributed by atoms with van der Waals surface area (Å²) in [4.78, 5) is 3.15. The van der Waals surface area contributed by atoms with Gasteiger partial charge in [0, 0.05) is 23.4 Å². The van der Waals surface area contributed by atoms with Crippen LogP contribution in [0.15, 0.2) is 42.6 Å². The van der Waals surface area contributed by atoms with E-state index < -0.39 is 0 Å². The molecule has 1 aromatic carbocycles. The van der Waals surface area contributed by atoms with Crippen LogP contribution in [0.25, 0.3) is 0 Å². The van der Waals surface area contributed by atoms with Crippen LogP contribution in [-0.2, 0) is 0 Å². The quantitative estimate of drug-likeness (QED) is 0.745. The average Bonchev–Trinajstić information content (AvgIpc) is 2.70. The topological polar surface area (TPSA) is 36.0 Å². The fourth-order valence-corrected chi connectivity index (χ4v) is 1.63. The third kappa shape index (κ3) is 1.51. The highest BCUT2D eigenvalue weighted by Gasteiger charge is 2.11. The van der Waals surface area contributed by atoms with Crippen LogP contribution < -0.4 is 0 Å². The Hall–Kier alpha value is -1.70. The highest BCUT2D eigenvalue weighted by Crippen LogP contribution is 2.29. The first-order chi connectivity index (χ1) is 6.79. The van der Waals surface area contributed by atoms with Crippen molar-refractivity contribution in [2.24, 2.45) is 0 Å². The zero-order valence-corrected chi connectivity index (χ0v) is 8.07. The van der Waals surface area contributed by atoms with Crippen LogP contribution in [0.4, 0.5) is 0 Å². The first-order valence-electron chi connectivity index (χ1n) is 4.70. The Bertz CT molecular complexity index is 406. The number of phenolic OH excluding ortho intramolecular Hbond substituents is 1. The van der Waals surface area contributed by atoms with E-state index in [4.69, 9.17) is 0 Å². The van der Waals surface area contributed by atoms with Crippen LogP contribution in [-0.4, -0.2) is 10.1 Å². The SMILES string of the molecule is CC(c1ccc[nH]1)c1ccccc1O. The van der Waals surface area contributed by atoms with Crippen molar-refractivity contribution < 1.29 is 5.11 Å². The fraction of sp³-hybridized carbons (Fsp3) is 0.167. The summed E-state index contributed by atoms with van der Waals surface area (Å²) in [5.41, 5.74) is 2.07. The van der Waals surface area contributed by atoms with E-state index in [2.05, 4.69) is 11.9 Å². The van der Waals surface area contributed by atoms with Gasteiger partial charge in [0.05, 0.1) is 0 Å². The molecule has 72 valence electrons. The minimum absolute atomic E-state index is 0.200. The molecule has 2 aromatic rings. The van der Waals surface area contributed by atoms with Crippen molar-refractivity contribution in [3.63, 3.8) is 0 Å². The molecule has 1 unspecified atom stereocenters. The molecule has 14 heavy (non-hydrogen) atoms. The number of aromatic hydroxyl groups is 1. The van der Waals surface area contributed by atoms with E-state index in [1.807, 2.05) is 36.5 Å². The molecule has 0 aliphatic carbocycles. The molecule has 0 spiro atoms. The van der Waals surface area contributed by atoms with Gasteiger partial charge in [0.1, 0.15) is 5.75 Å². The second-order valence-corrected chi connectivity index (χ2v) is 3.41. The van der Waals surface area contributed by atoms with Gasteiger partial charge in [-0.2, -0.15) is 0 Å². The molecule has 0 radical (unpaired) electrons. The van der Waals surface area contributed by atoms with Gasteiger partial charge in [-0.15, -0.1) is 0 Å². The van der Waals surface area contributed by atoms with Crippen LogP contribution >= 0.6 is 0 Å². The summed E-state index contributed by atoms with van der Waals surface area (Å²) in [5, 5.41) is 9.67. The lowest BCUT2D eigenvalue weighted by Gasteiger charge is -2.11. The lowest BCUT2D eigenvalue weighted by atomic mass is 9.97. The number of rotatable bonds is 2. The summed E-state index contributed by atoms with van der Waals surface area (Å²) < 4.78 is 0. The van der Waals surface area contributed by atoms with Crippen molar-refractivity contribution in [2.75, 3.05) is 0 Å². The molecule has 0 aliphatic rings. The molecule has 2 nitrogen and oxygen atoms in total. The minimum atomic E-state index is 0.200. The van der Waals surface area contributed by atoms with Crippen molar-refractivity contribution >= 4 is 0 Å². The Balaban J connectivity index is 2.37. The molecule has 2 N–H and O–H groups in total. The van der Waals surface area contributed by atoms with Gasteiger partial charge in [0.2, 0.25) is 0 Å². The van der Waals surface area contributed by atoms with Crippen LogP contribution in [0.2, 0.25) is 0 Å². The van der Waals surface area contributed by atoms with Crippen molar-refractivity contribution in [1.82, 2.24) is 4.98 Å². The second kappa shape index (κ2) is 3.58. The minimum Gasteiger partial charge on any atom is -0.508 e. The number of aromatic amines is 1. The van der Waals surface area contributed by atoms with Gasteiger partial charge in [-0.05, 0) is 18.2 Å². The molecule has 0 aliphatic heterocycles. The van der Waals surface area contributed by atoms with Gasteiger partial charge >= 0.3 is 0 Å². The lowest BCUT2D eigenvalue weighted by molar-refractivity contribution is 0.466.